The van der Waals surface area contributed by atoms with Crippen LogP contribution < -0.4 is 5.73 Å². The molecular weight excluding hydrogens is 232 g/mol. The molecule has 0 radical (unpaired) electrons. The molecule has 0 aliphatic heterocycles. The molecule has 1 aliphatic carbocycles. The molecule has 1 aromatic heterocycles. The van der Waals surface area contributed by atoms with Gasteiger partial charge < -0.3 is 10.5 Å². The average molecular weight is 254 g/mol. The third kappa shape index (κ3) is 2.69. The highest BCUT2D eigenvalue weighted by Gasteiger charge is 2.37. The zero-order valence-electron chi connectivity index (χ0n) is 10.7. The van der Waals surface area contributed by atoms with E-state index in [4.69, 9.17) is 10.5 Å². The van der Waals surface area contributed by atoms with Crippen LogP contribution >= 0.6 is 11.3 Å². The van der Waals surface area contributed by atoms with Crippen LogP contribution in [0.3, 0.4) is 0 Å². The fourth-order valence-electron chi connectivity index (χ4n) is 2.53. The van der Waals surface area contributed by atoms with Crippen molar-refractivity contribution in [1.82, 2.24) is 4.98 Å². The van der Waals surface area contributed by atoms with Gasteiger partial charge in [0.2, 0.25) is 0 Å². The molecule has 1 heterocycles. The molecule has 0 saturated heterocycles. The first-order chi connectivity index (χ1) is 8.18. The molecule has 1 unspecified atom stereocenters. The fourth-order valence-corrected chi connectivity index (χ4v) is 3.60. The van der Waals surface area contributed by atoms with Gasteiger partial charge in [0.05, 0.1) is 0 Å². The van der Waals surface area contributed by atoms with E-state index in [2.05, 4.69) is 11.9 Å². The summed E-state index contributed by atoms with van der Waals surface area (Å²) in [5.41, 5.74) is 5.78. The van der Waals surface area contributed by atoms with Gasteiger partial charge in [-0.2, -0.15) is 0 Å². The number of ether oxygens (including phenoxy) is 1. The molecule has 1 aliphatic rings. The standard InChI is InChI=1S/C13H22N2OS/c1-3-16-13(7-5-4-6-8-13)12-15-9-11(17-12)10(2)14/h9-10H,3-8,14H2,1-2H3. The van der Waals surface area contributed by atoms with Crippen LogP contribution in [0.15, 0.2) is 6.20 Å². The van der Waals surface area contributed by atoms with Crippen molar-refractivity contribution in [1.29, 1.82) is 0 Å². The Hall–Kier alpha value is -0.450. The van der Waals surface area contributed by atoms with Gasteiger partial charge in [-0.05, 0) is 26.7 Å². The molecule has 3 nitrogen and oxygen atoms in total. The fraction of sp³-hybridized carbons (Fsp3) is 0.769. The van der Waals surface area contributed by atoms with Crippen molar-refractivity contribution in [3.63, 3.8) is 0 Å². The van der Waals surface area contributed by atoms with E-state index >= 15 is 0 Å². The summed E-state index contributed by atoms with van der Waals surface area (Å²) in [6, 6.07) is 0.0727. The Morgan fingerprint density at radius 1 is 1.47 bits per heavy atom. The number of hydrogen-bond acceptors (Lipinski definition) is 4. The molecule has 4 heteroatoms. The van der Waals surface area contributed by atoms with Crippen molar-refractivity contribution >= 4 is 11.3 Å². The van der Waals surface area contributed by atoms with E-state index in [0.717, 1.165) is 29.3 Å². The van der Waals surface area contributed by atoms with Crippen molar-refractivity contribution < 1.29 is 4.74 Å². The zero-order chi connectivity index (χ0) is 12.3. The summed E-state index contributed by atoms with van der Waals surface area (Å²) >= 11 is 1.73. The van der Waals surface area contributed by atoms with Gasteiger partial charge in [0.15, 0.2) is 0 Å². The summed E-state index contributed by atoms with van der Waals surface area (Å²) in [6.07, 6.45) is 7.93. The van der Waals surface area contributed by atoms with Gasteiger partial charge in [0.1, 0.15) is 10.6 Å². The molecule has 2 N–H and O–H groups in total. The second-order valence-corrected chi connectivity index (χ2v) is 5.91. The molecule has 0 spiro atoms. The summed E-state index contributed by atoms with van der Waals surface area (Å²) < 4.78 is 6.06. The third-order valence-corrected chi connectivity index (χ3v) is 4.83. The maximum atomic E-state index is 6.06. The monoisotopic (exact) mass is 254 g/mol. The lowest BCUT2D eigenvalue weighted by Gasteiger charge is -2.35. The zero-order valence-corrected chi connectivity index (χ0v) is 11.6. The Morgan fingerprint density at radius 2 is 2.18 bits per heavy atom. The van der Waals surface area contributed by atoms with Crippen LogP contribution in [-0.2, 0) is 10.3 Å². The van der Waals surface area contributed by atoms with Crippen molar-refractivity contribution in [2.45, 2.75) is 57.6 Å². The molecule has 0 aromatic carbocycles. The average Bonchev–Trinajstić information content (AvgIpc) is 2.80. The molecule has 96 valence electrons. The highest BCUT2D eigenvalue weighted by molar-refractivity contribution is 7.11. The Labute approximate surface area is 107 Å². The van der Waals surface area contributed by atoms with Crippen LogP contribution in [0, 0.1) is 0 Å². The minimum Gasteiger partial charge on any atom is -0.368 e. The van der Waals surface area contributed by atoms with Gasteiger partial charge in [-0.3, -0.25) is 0 Å². The van der Waals surface area contributed by atoms with Crippen molar-refractivity contribution in [3.8, 4) is 0 Å². The quantitative estimate of drug-likeness (QED) is 0.896. The van der Waals surface area contributed by atoms with E-state index in [9.17, 15) is 0 Å². The van der Waals surface area contributed by atoms with Crippen molar-refractivity contribution in [3.05, 3.63) is 16.1 Å². The highest BCUT2D eigenvalue weighted by atomic mass is 32.1. The van der Waals surface area contributed by atoms with Crippen molar-refractivity contribution in [2.24, 2.45) is 5.73 Å². The Kier molecular flexibility index (Phi) is 4.17. The Balaban J connectivity index is 2.24. The van der Waals surface area contributed by atoms with Crippen molar-refractivity contribution in [2.75, 3.05) is 6.61 Å². The van der Waals surface area contributed by atoms with Crippen LogP contribution in [0.2, 0.25) is 0 Å². The van der Waals surface area contributed by atoms with Gasteiger partial charge >= 0.3 is 0 Å². The maximum absolute atomic E-state index is 6.06. The summed E-state index contributed by atoms with van der Waals surface area (Å²) in [5.74, 6) is 0. The SMILES string of the molecule is CCOC1(c2ncc(C(C)N)s2)CCCCC1. The molecule has 1 atom stereocenters. The number of nitrogens with zero attached hydrogens (tertiary/aromatic N) is 1. The third-order valence-electron chi connectivity index (χ3n) is 3.44. The van der Waals surface area contributed by atoms with E-state index in [1.54, 1.807) is 11.3 Å². The summed E-state index contributed by atoms with van der Waals surface area (Å²) in [7, 11) is 0. The number of nitrogens with two attached hydrogens (primary N) is 1. The molecule has 1 fully saturated rings. The largest absolute Gasteiger partial charge is 0.368 e. The van der Waals surface area contributed by atoms with E-state index in [1.165, 1.54) is 19.3 Å². The van der Waals surface area contributed by atoms with E-state index in [-0.39, 0.29) is 11.6 Å². The Bertz CT molecular complexity index is 351. The molecule has 1 aromatic rings. The molecule has 2 rings (SSSR count). The predicted molar refractivity (Wildman–Crippen MR) is 71.1 cm³/mol. The lowest BCUT2D eigenvalue weighted by atomic mass is 9.85. The highest BCUT2D eigenvalue weighted by Crippen LogP contribution is 2.42. The molecule has 17 heavy (non-hydrogen) atoms. The summed E-state index contributed by atoms with van der Waals surface area (Å²) in [5, 5.41) is 1.13. The Morgan fingerprint density at radius 3 is 2.71 bits per heavy atom. The molecule has 0 bridgehead atoms. The van der Waals surface area contributed by atoms with Gasteiger partial charge in [-0.1, -0.05) is 19.3 Å². The van der Waals surface area contributed by atoms with Gasteiger partial charge in [-0.25, -0.2) is 4.98 Å². The normalized spacial score (nSPS) is 21.4. The number of rotatable bonds is 4. The van der Waals surface area contributed by atoms with Crippen LogP contribution in [0.1, 0.15) is 61.9 Å². The van der Waals surface area contributed by atoms with E-state index in [0.29, 0.717) is 0 Å². The summed E-state index contributed by atoms with van der Waals surface area (Å²) in [4.78, 5) is 5.72. The van der Waals surface area contributed by atoms with Crippen LogP contribution in [0.5, 0.6) is 0 Å². The van der Waals surface area contributed by atoms with E-state index in [1.807, 2.05) is 13.1 Å². The van der Waals surface area contributed by atoms with Gasteiger partial charge in [-0.15, -0.1) is 11.3 Å². The first kappa shape index (κ1) is 13.0. The second-order valence-electron chi connectivity index (χ2n) is 4.84. The predicted octanol–water partition coefficient (Wildman–Crippen LogP) is 3.36. The summed E-state index contributed by atoms with van der Waals surface area (Å²) in [6.45, 7) is 4.83. The van der Waals surface area contributed by atoms with Gasteiger partial charge in [0.25, 0.3) is 0 Å². The van der Waals surface area contributed by atoms with Crippen LogP contribution in [-0.4, -0.2) is 11.6 Å². The maximum Gasteiger partial charge on any atom is 0.125 e. The van der Waals surface area contributed by atoms with Gasteiger partial charge in [0, 0.05) is 23.7 Å². The smallest absolute Gasteiger partial charge is 0.125 e. The number of aromatic nitrogens is 1. The minimum absolute atomic E-state index is 0.0727. The lowest BCUT2D eigenvalue weighted by Crippen LogP contribution is -2.32. The topological polar surface area (TPSA) is 48.1 Å². The van der Waals surface area contributed by atoms with Crippen LogP contribution in [0.4, 0.5) is 0 Å². The van der Waals surface area contributed by atoms with Crippen LogP contribution in [0.25, 0.3) is 0 Å². The first-order valence-electron chi connectivity index (χ1n) is 6.54. The minimum atomic E-state index is -0.120. The molecule has 1 saturated carbocycles. The second kappa shape index (κ2) is 5.46. The number of hydrogen-bond donors (Lipinski definition) is 1. The number of thiazole rings is 1. The lowest BCUT2D eigenvalue weighted by molar-refractivity contribution is -0.0704. The first-order valence-corrected chi connectivity index (χ1v) is 7.35. The molecular formula is C13H22N2OS. The molecule has 0 amide bonds. The van der Waals surface area contributed by atoms with E-state index < -0.39 is 0 Å².